The fourth-order valence-electron chi connectivity index (χ4n) is 5.74. The molecule has 0 saturated heterocycles. The first-order valence-corrected chi connectivity index (χ1v) is 13.5. The largest absolute Gasteiger partial charge is 0.396 e. The number of aliphatic imine (C=N–C) groups is 2. The standard InChI is InChI=1S/C34H36N2O2/c1-21-17-25(9-7-15-37)18-22(2)31(21)35-33-28-13-5-11-27-12-6-14-29(30(27)28)34(33)36-32-23(3)19-26(10-8-16-38)20-24(32)4/h5-6,11-14,17-20,37-38H,7-10,15-16H2,1-4H3. The van der Waals surface area contributed by atoms with Gasteiger partial charge in [-0.05, 0) is 92.1 Å². The summed E-state index contributed by atoms with van der Waals surface area (Å²) in [7, 11) is 0. The third-order valence-corrected chi connectivity index (χ3v) is 7.44. The highest BCUT2D eigenvalue weighted by molar-refractivity contribution is 6.61. The summed E-state index contributed by atoms with van der Waals surface area (Å²) in [5.41, 5.74) is 13.0. The molecule has 1 aliphatic rings. The Labute approximate surface area is 225 Å². The van der Waals surface area contributed by atoms with Gasteiger partial charge in [0.15, 0.2) is 0 Å². The summed E-state index contributed by atoms with van der Waals surface area (Å²) in [5, 5.41) is 20.9. The number of rotatable bonds is 8. The smallest absolute Gasteiger partial charge is 0.0979 e. The van der Waals surface area contributed by atoms with Gasteiger partial charge in [0.1, 0.15) is 0 Å². The van der Waals surface area contributed by atoms with Gasteiger partial charge in [0.2, 0.25) is 0 Å². The fraction of sp³-hybridized carbons (Fsp3) is 0.294. The minimum absolute atomic E-state index is 0.200. The van der Waals surface area contributed by atoms with Crippen LogP contribution in [0.25, 0.3) is 10.8 Å². The number of hydrogen-bond donors (Lipinski definition) is 2. The topological polar surface area (TPSA) is 65.2 Å². The molecule has 0 radical (unpaired) electrons. The number of hydrogen-bond acceptors (Lipinski definition) is 4. The normalized spacial score (nSPS) is 14.8. The minimum atomic E-state index is 0.200. The molecule has 0 aromatic heterocycles. The lowest BCUT2D eigenvalue weighted by atomic mass is 10.0. The van der Waals surface area contributed by atoms with Gasteiger partial charge in [-0.1, -0.05) is 60.7 Å². The van der Waals surface area contributed by atoms with Crippen LogP contribution in [0.15, 0.2) is 70.6 Å². The van der Waals surface area contributed by atoms with Crippen LogP contribution >= 0.6 is 0 Å². The molecule has 0 saturated carbocycles. The van der Waals surface area contributed by atoms with Crippen LogP contribution in [0.1, 0.15) is 57.3 Å². The van der Waals surface area contributed by atoms with Gasteiger partial charge in [-0.3, -0.25) is 0 Å². The van der Waals surface area contributed by atoms with Crippen molar-refractivity contribution in [2.24, 2.45) is 9.98 Å². The highest BCUT2D eigenvalue weighted by Crippen LogP contribution is 2.37. The van der Waals surface area contributed by atoms with E-state index in [4.69, 9.17) is 9.98 Å². The lowest BCUT2D eigenvalue weighted by Crippen LogP contribution is -2.11. The predicted octanol–water partition coefficient (Wildman–Crippen LogP) is 7.18. The zero-order valence-corrected chi connectivity index (χ0v) is 22.8. The molecule has 4 aromatic rings. The van der Waals surface area contributed by atoms with Gasteiger partial charge in [0.05, 0.1) is 22.8 Å². The van der Waals surface area contributed by atoms with E-state index in [2.05, 4.69) is 88.4 Å². The molecule has 2 N–H and O–H groups in total. The molecule has 1 aliphatic carbocycles. The molecule has 0 fully saturated rings. The zero-order chi connectivity index (χ0) is 26.8. The molecule has 0 spiro atoms. The molecule has 0 bridgehead atoms. The van der Waals surface area contributed by atoms with E-state index in [0.717, 1.165) is 81.9 Å². The van der Waals surface area contributed by atoms with Gasteiger partial charge in [-0.25, -0.2) is 9.98 Å². The SMILES string of the molecule is Cc1cc(CCCO)cc(C)c1N=C1C(=Nc2c(C)cc(CCCO)cc2C)c2cccc3cccc1c23. The summed E-state index contributed by atoms with van der Waals surface area (Å²) in [5.74, 6) is 0. The monoisotopic (exact) mass is 504 g/mol. The Bertz CT molecular complexity index is 1420. The summed E-state index contributed by atoms with van der Waals surface area (Å²) >= 11 is 0. The van der Waals surface area contributed by atoms with Gasteiger partial charge >= 0.3 is 0 Å². The van der Waals surface area contributed by atoms with E-state index >= 15 is 0 Å². The molecule has 4 heteroatoms. The summed E-state index contributed by atoms with van der Waals surface area (Å²) in [6, 6.07) is 21.6. The Hall–Kier alpha value is -3.60. The van der Waals surface area contributed by atoms with Crippen LogP contribution in [0.3, 0.4) is 0 Å². The van der Waals surface area contributed by atoms with Crippen LogP contribution < -0.4 is 0 Å². The van der Waals surface area contributed by atoms with Crippen molar-refractivity contribution in [2.45, 2.75) is 53.4 Å². The maximum Gasteiger partial charge on any atom is 0.0979 e. The van der Waals surface area contributed by atoms with E-state index in [1.165, 1.54) is 21.9 Å². The lowest BCUT2D eigenvalue weighted by molar-refractivity contribution is 0.288. The first-order valence-electron chi connectivity index (χ1n) is 13.5. The second-order valence-corrected chi connectivity index (χ2v) is 10.4. The summed E-state index contributed by atoms with van der Waals surface area (Å²) < 4.78 is 0. The molecule has 4 aromatic carbocycles. The van der Waals surface area contributed by atoms with E-state index in [1.807, 2.05) is 0 Å². The van der Waals surface area contributed by atoms with Crippen molar-refractivity contribution in [2.75, 3.05) is 13.2 Å². The van der Waals surface area contributed by atoms with Crippen LogP contribution in [-0.4, -0.2) is 34.9 Å². The van der Waals surface area contributed by atoms with Crippen molar-refractivity contribution >= 4 is 33.6 Å². The maximum absolute atomic E-state index is 9.27. The molecule has 194 valence electrons. The molecule has 0 atom stereocenters. The number of aliphatic hydroxyl groups excluding tert-OH is 2. The molecule has 4 nitrogen and oxygen atoms in total. The Balaban J connectivity index is 1.69. The number of nitrogens with zero attached hydrogens (tertiary/aromatic N) is 2. The second kappa shape index (κ2) is 11.0. The molecule has 5 rings (SSSR count). The molecule has 0 aliphatic heterocycles. The van der Waals surface area contributed by atoms with Gasteiger partial charge in [0.25, 0.3) is 0 Å². The first-order chi connectivity index (χ1) is 18.4. The van der Waals surface area contributed by atoms with Gasteiger partial charge in [0, 0.05) is 29.7 Å². The van der Waals surface area contributed by atoms with E-state index in [-0.39, 0.29) is 13.2 Å². The minimum Gasteiger partial charge on any atom is -0.396 e. The van der Waals surface area contributed by atoms with E-state index in [1.54, 1.807) is 0 Å². The average molecular weight is 505 g/mol. The van der Waals surface area contributed by atoms with E-state index in [9.17, 15) is 10.2 Å². The van der Waals surface area contributed by atoms with Crippen LogP contribution in [0.2, 0.25) is 0 Å². The third kappa shape index (κ3) is 4.94. The highest BCUT2D eigenvalue weighted by Gasteiger charge is 2.28. The van der Waals surface area contributed by atoms with Crippen molar-refractivity contribution in [3.8, 4) is 0 Å². The van der Waals surface area contributed by atoms with Gasteiger partial charge < -0.3 is 10.2 Å². The van der Waals surface area contributed by atoms with Crippen molar-refractivity contribution in [1.29, 1.82) is 0 Å². The van der Waals surface area contributed by atoms with Crippen molar-refractivity contribution in [3.05, 3.63) is 105 Å². The molecular weight excluding hydrogens is 468 g/mol. The molecule has 0 amide bonds. The van der Waals surface area contributed by atoms with Crippen molar-refractivity contribution in [1.82, 2.24) is 0 Å². The van der Waals surface area contributed by atoms with Crippen molar-refractivity contribution < 1.29 is 10.2 Å². The molecule has 38 heavy (non-hydrogen) atoms. The number of aryl methyl sites for hydroxylation is 6. The van der Waals surface area contributed by atoms with Crippen LogP contribution in [0.4, 0.5) is 11.4 Å². The van der Waals surface area contributed by atoms with Gasteiger partial charge in [-0.15, -0.1) is 0 Å². The molecule has 0 heterocycles. The van der Waals surface area contributed by atoms with E-state index < -0.39 is 0 Å². The predicted molar refractivity (Wildman–Crippen MR) is 159 cm³/mol. The first kappa shape index (κ1) is 26.0. The second-order valence-electron chi connectivity index (χ2n) is 10.4. The van der Waals surface area contributed by atoms with Crippen LogP contribution in [0.5, 0.6) is 0 Å². The molecule has 0 unspecified atom stereocenters. The van der Waals surface area contributed by atoms with Crippen LogP contribution in [-0.2, 0) is 12.8 Å². The molecular formula is C34H36N2O2. The summed E-state index contributed by atoms with van der Waals surface area (Å²) in [6.07, 6.45) is 3.25. The number of benzene rings is 4. The lowest BCUT2D eigenvalue weighted by Gasteiger charge is -2.13. The van der Waals surface area contributed by atoms with Crippen LogP contribution in [0, 0.1) is 27.7 Å². The van der Waals surface area contributed by atoms with E-state index in [0.29, 0.717) is 0 Å². The quantitative estimate of drug-likeness (QED) is 0.267. The third-order valence-electron chi connectivity index (χ3n) is 7.44. The maximum atomic E-state index is 9.27. The fourth-order valence-corrected chi connectivity index (χ4v) is 5.74. The Morgan fingerprint density at radius 1 is 0.579 bits per heavy atom. The van der Waals surface area contributed by atoms with Gasteiger partial charge in [-0.2, -0.15) is 0 Å². The number of aliphatic hydroxyl groups is 2. The summed E-state index contributed by atoms with van der Waals surface area (Å²) in [6.45, 7) is 8.87. The van der Waals surface area contributed by atoms with Crippen molar-refractivity contribution in [3.63, 3.8) is 0 Å². The highest BCUT2D eigenvalue weighted by atomic mass is 16.3. The Morgan fingerprint density at radius 2 is 0.974 bits per heavy atom. The zero-order valence-electron chi connectivity index (χ0n) is 22.8. The Kier molecular flexibility index (Phi) is 7.55. The average Bonchev–Trinajstić information content (AvgIpc) is 3.19. The Morgan fingerprint density at radius 3 is 1.34 bits per heavy atom. The summed E-state index contributed by atoms with van der Waals surface area (Å²) in [4.78, 5) is 10.6.